The van der Waals surface area contributed by atoms with E-state index in [9.17, 15) is 9.59 Å². The number of hydrogen-bond acceptors (Lipinski definition) is 8. The summed E-state index contributed by atoms with van der Waals surface area (Å²) >= 11 is 0. The number of rotatable bonds is 10. The molecule has 6 rings (SSSR count). The maximum Gasteiger partial charge on any atom is 0.260 e. The van der Waals surface area contributed by atoms with Gasteiger partial charge >= 0.3 is 0 Å². The maximum absolute atomic E-state index is 13.4. The van der Waals surface area contributed by atoms with Crippen LogP contribution in [-0.2, 0) is 0 Å². The van der Waals surface area contributed by atoms with E-state index in [1.165, 1.54) is 0 Å². The van der Waals surface area contributed by atoms with E-state index in [1.807, 2.05) is 63.0 Å². The molecular formula is C35H36N4O6. The number of carbonyl (C=O) groups is 2. The topological polar surface area (TPSA) is 102 Å². The monoisotopic (exact) mass is 608 g/mol. The Balaban J connectivity index is 1.10. The van der Waals surface area contributed by atoms with Gasteiger partial charge < -0.3 is 28.7 Å². The fourth-order valence-electron chi connectivity index (χ4n) is 5.88. The zero-order valence-electron chi connectivity index (χ0n) is 25.9. The lowest BCUT2D eigenvalue weighted by atomic mass is 10.1. The van der Waals surface area contributed by atoms with Crippen LogP contribution in [0, 0.1) is 0 Å². The SMILES string of the molecule is C/C=C/C1=CN2C(=O)c3cc(OC)c(OCCCOc4cc5c(cc4OC)C(=O)N4C=C(/C=C/C)C[C@H]4C=N5)cc3N=C[C@@H]2C1. The van der Waals surface area contributed by atoms with E-state index in [1.54, 1.807) is 48.3 Å². The summed E-state index contributed by atoms with van der Waals surface area (Å²) in [6.45, 7) is 4.58. The number of ether oxygens (including phenoxy) is 4. The van der Waals surface area contributed by atoms with Crippen LogP contribution in [-0.4, -0.2) is 73.6 Å². The highest BCUT2D eigenvalue weighted by Crippen LogP contribution is 2.40. The minimum atomic E-state index is -0.124. The Bertz CT molecular complexity index is 1580. The molecule has 45 heavy (non-hydrogen) atoms. The smallest absolute Gasteiger partial charge is 0.260 e. The van der Waals surface area contributed by atoms with Gasteiger partial charge in [-0.3, -0.25) is 19.6 Å². The van der Waals surface area contributed by atoms with E-state index in [2.05, 4.69) is 9.98 Å². The van der Waals surface area contributed by atoms with Crippen molar-refractivity contribution in [2.75, 3.05) is 27.4 Å². The molecule has 0 bridgehead atoms. The lowest BCUT2D eigenvalue weighted by Gasteiger charge is -2.19. The first kappa shape index (κ1) is 29.9. The quantitative estimate of drug-likeness (QED) is 0.292. The number of allylic oxidation sites excluding steroid dienone is 4. The van der Waals surface area contributed by atoms with Crippen LogP contribution in [0.15, 0.2) is 82.1 Å². The fraction of sp³-hybridized carbons (Fsp3) is 0.314. The molecular weight excluding hydrogens is 572 g/mol. The molecule has 0 saturated carbocycles. The summed E-state index contributed by atoms with van der Waals surface area (Å²) in [6, 6.07) is 6.62. The zero-order chi connectivity index (χ0) is 31.5. The van der Waals surface area contributed by atoms with E-state index >= 15 is 0 Å². The molecule has 0 unspecified atom stereocenters. The van der Waals surface area contributed by atoms with Crippen molar-refractivity contribution >= 4 is 35.6 Å². The Morgan fingerprint density at radius 3 is 1.56 bits per heavy atom. The van der Waals surface area contributed by atoms with Crippen molar-refractivity contribution in [1.29, 1.82) is 0 Å². The van der Waals surface area contributed by atoms with Crippen molar-refractivity contribution in [1.82, 2.24) is 9.80 Å². The van der Waals surface area contributed by atoms with E-state index in [-0.39, 0.29) is 23.9 Å². The van der Waals surface area contributed by atoms with Gasteiger partial charge in [-0.15, -0.1) is 0 Å². The van der Waals surface area contributed by atoms with Crippen molar-refractivity contribution < 1.29 is 28.5 Å². The molecule has 232 valence electrons. The van der Waals surface area contributed by atoms with E-state index in [4.69, 9.17) is 18.9 Å². The highest BCUT2D eigenvalue weighted by Gasteiger charge is 2.34. The molecule has 0 N–H and O–H groups in total. The molecule has 0 radical (unpaired) electrons. The van der Waals surface area contributed by atoms with Gasteiger partial charge in [-0.05, 0) is 50.0 Å². The number of carbonyl (C=O) groups excluding carboxylic acids is 2. The molecule has 2 amide bonds. The van der Waals surface area contributed by atoms with Crippen LogP contribution in [0.4, 0.5) is 11.4 Å². The number of methoxy groups -OCH3 is 2. The van der Waals surface area contributed by atoms with Crippen molar-refractivity contribution in [3.05, 3.63) is 83.2 Å². The van der Waals surface area contributed by atoms with Gasteiger partial charge in [-0.25, -0.2) is 0 Å². The van der Waals surface area contributed by atoms with Gasteiger partial charge in [0.1, 0.15) is 0 Å². The third kappa shape index (κ3) is 5.87. The van der Waals surface area contributed by atoms with Crippen LogP contribution < -0.4 is 18.9 Å². The lowest BCUT2D eigenvalue weighted by molar-refractivity contribution is 0.0809. The number of fused-ring (bicyclic) bond motifs is 4. The fourth-order valence-corrected chi connectivity index (χ4v) is 5.88. The van der Waals surface area contributed by atoms with Crippen molar-refractivity contribution in [3.63, 3.8) is 0 Å². The Hall–Kier alpha value is -5.12. The van der Waals surface area contributed by atoms with Crippen LogP contribution in [0.3, 0.4) is 0 Å². The zero-order valence-corrected chi connectivity index (χ0v) is 25.9. The summed E-state index contributed by atoms with van der Waals surface area (Å²) in [5.41, 5.74) is 4.18. The summed E-state index contributed by atoms with van der Waals surface area (Å²) in [5.74, 6) is 1.66. The molecule has 10 nitrogen and oxygen atoms in total. The maximum atomic E-state index is 13.4. The van der Waals surface area contributed by atoms with E-state index in [0.29, 0.717) is 65.1 Å². The third-order valence-electron chi connectivity index (χ3n) is 8.04. The van der Waals surface area contributed by atoms with E-state index in [0.717, 1.165) is 24.0 Å². The van der Waals surface area contributed by atoms with Crippen molar-refractivity contribution in [2.45, 2.75) is 45.2 Å². The first-order valence-corrected chi connectivity index (χ1v) is 15.0. The van der Waals surface area contributed by atoms with Gasteiger partial charge in [0.25, 0.3) is 11.8 Å². The van der Waals surface area contributed by atoms with Gasteiger partial charge in [0.05, 0.1) is 62.0 Å². The largest absolute Gasteiger partial charge is 0.493 e. The Labute approximate surface area is 262 Å². The summed E-state index contributed by atoms with van der Waals surface area (Å²) in [5, 5.41) is 0. The number of hydrogen-bond donors (Lipinski definition) is 0. The van der Waals surface area contributed by atoms with Crippen LogP contribution >= 0.6 is 0 Å². The predicted octanol–water partition coefficient (Wildman–Crippen LogP) is 6.33. The molecule has 2 aromatic carbocycles. The first-order valence-electron chi connectivity index (χ1n) is 15.0. The number of benzene rings is 2. The normalized spacial score (nSPS) is 20.0. The Kier molecular flexibility index (Phi) is 8.55. The average Bonchev–Trinajstić information content (AvgIpc) is 3.59. The Morgan fingerprint density at radius 1 is 0.711 bits per heavy atom. The minimum absolute atomic E-state index is 0.123. The lowest BCUT2D eigenvalue weighted by Crippen LogP contribution is -2.32. The molecule has 10 heteroatoms. The molecule has 2 atom stereocenters. The molecule has 2 aromatic rings. The molecule has 0 spiro atoms. The van der Waals surface area contributed by atoms with Crippen LogP contribution in [0.2, 0.25) is 0 Å². The minimum Gasteiger partial charge on any atom is -0.493 e. The van der Waals surface area contributed by atoms with Crippen LogP contribution in [0.5, 0.6) is 23.0 Å². The number of amides is 2. The highest BCUT2D eigenvalue weighted by atomic mass is 16.5. The van der Waals surface area contributed by atoms with Gasteiger partial charge in [-0.1, -0.05) is 24.3 Å². The molecule has 4 heterocycles. The second-order valence-corrected chi connectivity index (χ2v) is 11.0. The molecule has 4 aliphatic heterocycles. The molecule has 0 fully saturated rings. The van der Waals surface area contributed by atoms with Crippen LogP contribution in [0.1, 0.15) is 53.8 Å². The van der Waals surface area contributed by atoms with Crippen LogP contribution in [0.25, 0.3) is 0 Å². The van der Waals surface area contributed by atoms with E-state index < -0.39 is 0 Å². The van der Waals surface area contributed by atoms with Gasteiger partial charge in [0.15, 0.2) is 23.0 Å². The predicted molar refractivity (Wildman–Crippen MR) is 173 cm³/mol. The van der Waals surface area contributed by atoms with Crippen molar-refractivity contribution in [3.8, 4) is 23.0 Å². The second-order valence-electron chi connectivity index (χ2n) is 11.0. The summed E-state index contributed by atoms with van der Waals surface area (Å²) in [7, 11) is 3.09. The third-order valence-corrected chi connectivity index (χ3v) is 8.04. The van der Waals surface area contributed by atoms with Gasteiger partial charge in [0, 0.05) is 43.4 Å². The second kappa shape index (κ2) is 12.9. The Morgan fingerprint density at radius 2 is 1.16 bits per heavy atom. The van der Waals surface area contributed by atoms with Crippen molar-refractivity contribution in [2.24, 2.45) is 9.98 Å². The molecule has 4 aliphatic rings. The highest BCUT2D eigenvalue weighted by molar-refractivity contribution is 6.05. The molecule has 0 aliphatic carbocycles. The van der Waals surface area contributed by atoms with Gasteiger partial charge in [0.2, 0.25) is 0 Å². The average molecular weight is 609 g/mol. The standard InChI is InChI=1S/C35H36N4O6/c1-5-8-22-12-24-18-36-28-16-32(30(42-3)14-26(28)34(40)38(24)20-22)44-10-7-11-45-33-17-29-27(15-31(33)43-4)35(41)39-21-23(9-6-2)13-25(39)19-37-29/h5-6,8-9,14-21,24-25H,7,10-13H2,1-4H3/b8-5+,9-6+/t24-,25-/m0/s1. The number of nitrogens with zero attached hydrogens (tertiary/aromatic N) is 4. The first-order chi connectivity index (χ1) is 21.9. The summed E-state index contributed by atoms with van der Waals surface area (Å²) in [4.78, 5) is 39.4. The summed E-state index contributed by atoms with van der Waals surface area (Å²) < 4.78 is 23.3. The number of aliphatic imine (C=N–C) groups is 2. The molecule has 0 saturated heterocycles. The molecule has 0 aromatic heterocycles. The summed E-state index contributed by atoms with van der Waals surface area (Å²) in [6.07, 6.45) is 17.3. The van der Waals surface area contributed by atoms with Gasteiger partial charge in [-0.2, -0.15) is 0 Å².